The third-order valence-electron chi connectivity index (χ3n) is 2.48. The van der Waals surface area contributed by atoms with Crippen molar-refractivity contribution < 1.29 is 9.53 Å². The lowest BCUT2D eigenvalue weighted by Gasteiger charge is -2.19. The number of hydrogen-bond acceptors (Lipinski definition) is 6. The van der Waals surface area contributed by atoms with E-state index in [-0.39, 0.29) is 12.1 Å². The van der Waals surface area contributed by atoms with E-state index in [1.54, 1.807) is 19.1 Å². The van der Waals surface area contributed by atoms with Gasteiger partial charge in [0.25, 0.3) is 0 Å². The molecule has 0 saturated carbocycles. The Morgan fingerprint density at radius 3 is 3.06 bits per heavy atom. The van der Waals surface area contributed by atoms with E-state index in [9.17, 15) is 4.79 Å². The van der Waals surface area contributed by atoms with Crippen molar-refractivity contribution >= 4 is 23.3 Å². The molecule has 6 nitrogen and oxygen atoms in total. The minimum atomic E-state index is -0.510. The normalized spacial score (nSPS) is 22.8. The van der Waals surface area contributed by atoms with E-state index in [0.29, 0.717) is 11.6 Å². The number of nitrogens with one attached hydrogen (secondary N) is 4. The first-order chi connectivity index (χ1) is 8.70. The summed E-state index contributed by atoms with van der Waals surface area (Å²) in [5, 5.41) is 3.78. The molecule has 1 heterocycles. The van der Waals surface area contributed by atoms with Crippen molar-refractivity contribution in [2.75, 3.05) is 11.9 Å². The molecule has 0 radical (unpaired) electrons. The number of hydrazine groups is 2. The first-order valence-corrected chi connectivity index (χ1v) is 6.03. The molecule has 1 fully saturated rings. The van der Waals surface area contributed by atoms with E-state index in [1.165, 1.54) is 0 Å². The van der Waals surface area contributed by atoms with Crippen LogP contribution in [0.2, 0.25) is 5.02 Å². The molecule has 0 bridgehead atoms. The van der Waals surface area contributed by atoms with Crippen molar-refractivity contribution in [2.45, 2.75) is 19.1 Å². The minimum Gasteiger partial charge on any atom is -0.465 e. The van der Waals surface area contributed by atoms with Crippen molar-refractivity contribution in [2.24, 2.45) is 0 Å². The van der Waals surface area contributed by atoms with Gasteiger partial charge >= 0.3 is 5.97 Å². The van der Waals surface area contributed by atoms with Gasteiger partial charge < -0.3 is 10.1 Å². The molecule has 4 N–H and O–H groups in total. The van der Waals surface area contributed by atoms with Crippen LogP contribution in [0.4, 0.5) is 5.69 Å². The second kappa shape index (κ2) is 6.01. The molecule has 2 atom stereocenters. The first kappa shape index (κ1) is 13.1. The smallest absolute Gasteiger partial charge is 0.328 e. The summed E-state index contributed by atoms with van der Waals surface area (Å²) in [6.07, 6.45) is -0.317. The molecule has 98 valence electrons. The number of anilines is 1. The van der Waals surface area contributed by atoms with Crippen molar-refractivity contribution in [1.82, 2.24) is 16.4 Å². The third kappa shape index (κ3) is 3.11. The maximum absolute atomic E-state index is 11.7. The van der Waals surface area contributed by atoms with E-state index >= 15 is 0 Å². The van der Waals surface area contributed by atoms with Crippen LogP contribution in [0.15, 0.2) is 24.3 Å². The Morgan fingerprint density at radius 1 is 1.50 bits per heavy atom. The summed E-state index contributed by atoms with van der Waals surface area (Å²) in [4.78, 5) is 11.7. The van der Waals surface area contributed by atoms with Gasteiger partial charge in [0, 0.05) is 10.7 Å². The van der Waals surface area contributed by atoms with Crippen LogP contribution in [-0.4, -0.2) is 24.8 Å². The average molecular weight is 271 g/mol. The summed E-state index contributed by atoms with van der Waals surface area (Å²) < 4.78 is 4.97. The van der Waals surface area contributed by atoms with Crippen LogP contribution >= 0.6 is 11.6 Å². The fourth-order valence-corrected chi connectivity index (χ4v) is 1.86. The monoisotopic (exact) mass is 270 g/mol. The molecule has 0 spiro atoms. The quantitative estimate of drug-likeness (QED) is 0.601. The van der Waals surface area contributed by atoms with Gasteiger partial charge in [-0.25, -0.2) is 10.9 Å². The number of ether oxygens (including phenoxy) is 1. The third-order valence-corrected chi connectivity index (χ3v) is 2.71. The number of halogens is 1. The molecule has 0 amide bonds. The highest BCUT2D eigenvalue weighted by atomic mass is 35.5. The molecular weight excluding hydrogens is 256 g/mol. The van der Waals surface area contributed by atoms with E-state index in [1.807, 2.05) is 12.1 Å². The lowest BCUT2D eigenvalue weighted by molar-refractivity contribution is -0.145. The molecule has 2 rings (SSSR count). The van der Waals surface area contributed by atoms with Gasteiger partial charge in [-0.05, 0) is 25.1 Å². The largest absolute Gasteiger partial charge is 0.465 e. The number of carbonyl (C=O) groups excluding carboxylic acids is 1. The molecule has 1 saturated heterocycles. The Labute approximate surface area is 110 Å². The zero-order chi connectivity index (χ0) is 13.0. The van der Waals surface area contributed by atoms with Crippen LogP contribution < -0.4 is 21.7 Å². The first-order valence-electron chi connectivity index (χ1n) is 5.65. The standard InChI is InChI=1S/C11H15ClN4O2/c1-2-18-11(17)9-10(15-16-14-9)13-8-5-3-4-7(12)6-8/h3-6,9-10,13-16H,2H2,1H3. The van der Waals surface area contributed by atoms with E-state index in [0.717, 1.165) is 5.69 Å². The highest BCUT2D eigenvalue weighted by Crippen LogP contribution is 2.16. The van der Waals surface area contributed by atoms with E-state index < -0.39 is 6.04 Å². The predicted molar refractivity (Wildman–Crippen MR) is 68.7 cm³/mol. The fourth-order valence-electron chi connectivity index (χ4n) is 1.67. The second-order valence-electron chi connectivity index (χ2n) is 3.78. The van der Waals surface area contributed by atoms with Crippen molar-refractivity contribution in [1.29, 1.82) is 0 Å². The SMILES string of the molecule is CCOC(=O)C1NNNC1Nc1cccc(Cl)c1. The van der Waals surface area contributed by atoms with Crippen LogP contribution in [0.5, 0.6) is 0 Å². The summed E-state index contributed by atoms with van der Waals surface area (Å²) >= 11 is 5.90. The van der Waals surface area contributed by atoms with E-state index in [2.05, 4.69) is 21.7 Å². The Kier molecular flexibility index (Phi) is 4.38. The number of benzene rings is 1. The van der Waals surface area contributed by atoms with Crippen molar-refractivity contribution in [3.63, 3.8) is 0 Å². The van der Waals surface area contributed by atoms with Crippen LogP contribution in [0.3, 0.4) is 0 Å². The number of esters is 1. The summed E-state index contributed by atoms with van der Waals surface area (Å²) in [5.74, 6) is -0.325. The molecule has 2 unspecified atom stereocenters. The van der Waals surface area contributed by atoms with Gasteiger partial charge in [0.1, 0.15) is 6.17 Å². The Morgan fingerprint density at radius 2 is 2.33 bits per heavy atom. The number of rotatable bonds is 4. The Bertz CT molecular complexity index is 429. The maximum Gasteiger partial charge on any atom is 0.328 e. The molecule has 1 aromatic carbocycles. The van der Waals surface area contributed by atoms with E-state index in [4.69, 9.17) is 16.3 Å². The zero-order valence-electron chi connectivity index (χ0n) is 9.87. The molecule has 1 aliphatic rings. The zero-order valence-corrected chi connectivity index (χ0v) is 10.6. The average Bonchev–Trinajstić information content (AvgIpc) is 2.77. The molecule has 1 aromatic rings. The van der Waals surface area contributed by atoms with Gasteiger partial charge in [-0.3, -0.25) is 4.79 Å². The van der Waals surface area contributed by atoms with Crippen LogP contribution in [0.25, 0.3) is 0 Å². The summed E-state index contributed by atoms with van der Waals surface area (Å²) in [7, 11) is 0. The van der Waals surface area contributed by atoms with Gasteiger partial charge in [0.15, 0.2) is 6.04 Å². The topological polar surface area (TPSA) is 74.4 Å². The number of carbonyl (C=O) groups is 1. The van der Waals surface area contributed by atoms with Crippen molar-refractivity contribution in [3.8, 4) is 0 Å². The predicted octanol–water partition coefficient (Wildman–Crippen LogP) is 0.622. The van der Waals surface area contributed by atoms with Gasteiger partial charge in [-0.2, -0.15) is 5.53 Å². The van der Waals surface area contributed by atoms with Crippen LogP contribution in [0.1, 0.15) is 6.92 Å². The summed E-state index contributed by atoms with van der Waals surface area (Å²) in [6, 6.07) is 6.76. The maximum atomic E-state index is 11.7. The highest BCUT2D eigenvalue weighted by molar-refractivity contribution is 6.30. The molecule has 18 heavy (non-hydrogen) atoms. The molecule has 0 aliphatic carbocycles. The molecule has 1 aliphatic heterocycles. The second-order valence-corrected chi connectivity index (χ2v) is 4.21. The minimum absolute atomic E-state index is 0.317. The number of hydrogen-bond donors (Lipinski definition) is 4. The van der Waals surface area contributed by atoms with Gasteiger partial charge in [0.05, 0.1) is 6.61 Å². The lowest BCUT2D eigenvalue weighted by atomic mass is 10.2. The van der Waals surface area contributed by atoms with Crippen molar-refractivity contribution in [3.05, 3.63) is 29.3 Å². The van der Waals surface area contributed by atoms with Gasteiger partial charge in [-0.1, -0.05) is 17.7 Å². The lowest BCUT2D eigenvalue weighted by Crippen LogP contribution is -2.46. The van der Waals surface area contributed by atoms with Gasteiger partial charge in [-0.15, -0.1) is 0 Å². The highest BCUT2D eigenvalue weighted by Gasteiger charge is 2.33. The molecule has 7 heteroatoms. The fraction of sp³-hybridized carbons (Fsp3) is 0.364. The molecule has 0 aromatic heterocycles. The van der Waals surface area contributed by atoms with Crippen LogP contribution in [0, 0.1) is 0 Å². The Hall–Kier alpha value is -1.34. The summed E-state index contributed by atoms with van der Waals surface area (Å²) in [5.41, 5.74) is 9.21. The van der Waals surface area contributed by atoms with Crippen LogP contribution in [-0.2, 0) is 9.53 Å². The van der Waals surface area contributed by atoms with Gasteiger partial charge in [0.2, 0.25) is 0 Å². The molecular formula is C11H15ClN4O2. The Balaban J connectivity index is 2.01. The summed E-state index contributed by atoms with van der Waals surface area (Å²) in [6.45, 7) is 2.12.